The Labute approximate surface area is 133 Å². The first kappa shape index (κ1) is 16.1. The van der Waals surface area contributed by atoms with Crippen molar-refractivity contribution in [2.45, 2.75) is 20.8 Å². The molecule has 0 spiro atoms. The van der Waals surface area contributed by atoms with Gasteiger partial charge in [0.05, 0.1) is 21.4 Å². The number of halogens is 1. The summed E-state index contributed by atoms with van der Waals surface area (Å²) in [6.07, 6.45) is 1.73. The SMILES string of the molecule is CC1=C(Cl)C(=O)C(C(C)C)=CC1=Nc1ccc([N+](=O)[O-])cc1. The summed E-state index contributed by atoms with van der Waals surface area (Å²) in [6.45, 7) is 5.56. The molecule has 0 radical (unpaired) electrons. The molecule has 0 heterocycles. The number of nitro benzene ring substituents is 1. The Hall–Kier alpha value is -2.27. The number of non-ortho nitro benzene ring substituents is 1. The lowest BCUT2D eigenvalue weighted by Crippen LogP contribution is -2.18. The Morgan fingerprint density at radius 2 is 1.82 bits per heavy atom. The molecule has 1 aromatic carbocycles. The van der Waals surface area contributed by atoms with Crippen molar-refractivity contribution in [1.82, 2.24) is 0 Å². The Kier molecular flexibility index (Phi) is 4.56. The van der Waals surface area contributed by atoms with Crippen LogP contribution in [0.5, 0.6) is 0 Å². The second kappa shape index (κ2) is 6.23. The van der Waals surface area contributed by atoms with Crippen molar-refractivity contribution >= 4 is 34.5 Å². The number of hydrogen-bond acceptors (Lipinski definition) is 4. The number of rotatable bonds is 3. The Morgan fingerprint density at radius 1 is 1.23 bits per heavy atom. The van der Waals surface area contributed by atoms with Crippen LogP contribution in [0.15, 0.2) is 51.5 Å². The van der Waals surface area contributed by atoms with E-state index >= 15 is 0 Å². The lowest BCUT2D eigenvalue weighted by atomic mass is 9.90. The van der Waals surface area contributed by atoms with Gasteiger partial charge in [-0.15, -0.1) is 0 Å². The molecule has 22 heavy (non-hydrogen) atoms. The summed E-state index contributed by atoms with van der Waals surface area (Å²) in [4.78, 5) is 26.7. The number of hydrogen-bond donors (Lipinski definition) is 0. The smallest absolute Gasteiger partial charge is 0.269 e. The van der Waals surface area contributed by atoms with Gasteiger partial charge in [-0.1, -0.05) is 25.4 Å². The molecule has 5 nitrogen and oxygen atoms in total. The van der Waals surface area contributed by atoms with Crippen LogP contribution in [0.1, 0.15) is 20.8 Å². The first-order valence-corrected chi connectivity index (χ1v) is 7.15. The molecule has 6 heteroatoms. The van der Waals surface area contributed by atoms with Gasteiger partial charge in [-0.3, -0.25) is 14.9 Å². The van der Waals surface area contributed by atoms with E-state index in [1.807, 2.05) is 13.8 Å². The average Bonchev–Trinajstić information content (AvgIpc) is 2.48. The number of carbonyl (C=O) groups excluding carboxylic acids is 1. The number of Topliss-reactive ketones (excluding diaryl/α,β-unsaturated/α-hetero) is 1. The summed E-state index contributed by atoms with van der Waals surface area (Å²) >= 11 is 6.10. The minimum atomic E-state index is -0.463. The molecule has 1 aliphatic carbocycles. The Bertz CT molecular complexity index is 728. The number of nitrogens with zero attached hydrogens (tertiary/aromatic N) is 2. The van der Waals surface area contributed by atoms with Crippen LogP contribution in [0.4, 0.5) is 11.4 Å². The quantitative estimate of drug-likeness (QED) is 0.472. The van der Waals surface area contributed by atoms with Crippen LogP contribution in [0.25, 0.3) is 0 Å². The maximum absolute atomic E-state index is 12.1. The van der Waals surface area contributed by atoms with E-state index < -0.39 is 4.92 Å². The molecule has 0 atom stereocenters. The lowest BCUT2D eigenvalue weighted by Gasteiger charge is -2.18. The zero-order valence-electron chi connectivity index (χ0n) is 12.5. The van der Waals surface area contributed by atoms with Crippen molar-refractivity contribution in [3.63, 3.8) is 0 Å². The van der Waals surface area contributed by atoms with Crippen LogP contribution in [0.2, 0.25) is 0 Å². The summed E-state index contributed by atoms with van der Waals surface area (Å²) in [7, 11) is 0. The molecular weight excluding hydrogens is 304 g/mol. The van der Waals surface area contributed by atoms with Crippen LogP contribution in [-0.2, 0) is 4.79 Å². The van der Waals surface area contributed by atoms with Crippen LogP contribution >= 0.6 is 11.6 Å². The zero-order chi connectivity index (χ0) is 16.4. The number of allylic oxidation sites excluding steroid dienone is 4. The van der Waals surface area contributed by atoms with E-state index in [0.717, 1.165) is 0 Å². The highest BCUT2D eigenvalue weighted by Gasteiger charge is 2.25. The van der Waals surface area contributed by atoms with Gasteiger partial charge in [-0.05, 0) is 36.6 Å². The molecule has 0 saturated carbocycles. The Balaban J connectivity index is 2.45. The van der Waals surface area contributed by atoms with E-state index in [1.54, 1.807) is 25.1 Å². The molecule has 1 aromatic rings. The maximum atomic E-state index is 12.1. The van der Waals surface area contributed by atoms with E-state index in [9.17, 15) is 14.9 Å². The first-order valence-electron chi connectivity index (χ1n) is 6.77. The van der Waals surface area contributed by atoms with E-state index in [1.165, 1.54) is 12.1 Å². The topological polar surface area (TPSA) is 72.6 Å². The molecule has 0 aliphatic heterocycles. The molecule has 0 amide bonds. The third-order valence-electron chi connectivity index (χ3n) is 3.40. The second-order valence-electron chi connectivity index (χ2n) is 5.29. The van der Waals surface area contributed by atoms with Crippen LogP contribution in [0.3, 0.4) is 0 Å². The van der Waals surface area contributed by atoms with E-state index in [-0.39, 0.29) is 22.4 Å². The fourth-order valence-electron chi connectivity index (χ4n) is 2.06. The molecular formula is C16H15ClN2O3. The number of nitro groups is 1. The van der Waals surface area contributed by atoms with E-state index in [4.69, 9.17) is 11.6 Å². The molecule has 114 valence electrons. The highest BCUT2D eigenvalue weighted by Crippen LogP contribution is 2.28. The third kappa shape index (κ3) is 3.14. The van der Waals surface area contributed by atoms with Gasteiger partial charge < -0.3 is 0 Å². The highest BCUT2D eigenvalue weighted by molar-refractivity contribution is 6.49. The number of ketones is 1. The van der Waals surface area contributed by atoms with Crippen LogP contribution in [-0.4, -0.2) is 16.4 Å². The Morgan fingerprint density at radius 3 is 2.32 bits per heavy atom. The average molecular weight is 319 g/mol. The summed E-state index contributed by atoms with van der Waals surface area (Å²) in [5, 5.41) is 10.8. The third-order valence-corrected chi connectivity index (χ3v) is 3.85. The second-order valence-corrected chi connectivity index (χ2v) is 5.67. The van der Waals surface area contributed by atoms with Crippen LogP contribution < -0.4 is 0 Å². The molecule has 0 bridgehead atoms. The molecule has 0 aromatic heterocycles. The molecule has 0 N–H and O–H groups in total. The van der Waals surface area contributed by atoms with Gasteiger partial charge in [0.2, 0.25) is 5.78 Å². The minimum absolute atomic E-state index is 0.00600. The molecule has 0 fully saturated rings. The number of carbonyl (C=O) groups is 1. The van der Waals surface area contributed by atoms with Gasteiger partial charge in [0, 0.05) is 17.7 Å². The predicted octanol–water partition coefficient (Wildman–Crippen LogP) is 4.35. The highest BCUT2D eigenvalue weighted by atomic mass is 35.5. The molecule has 1 aliphatic rings. The van der Waals surface area contributed by atoms with Gasteiger partial charge in [0.1, 0.15) is 0 Å². The first-order chi connectivity index (χ1) is 10.3. The standard InChI is InChI=1S/C16H15ClN2O3/c1-9(2)13-8-14(10(3)15(17)16(13)20)18-11-4-6-12(7-5-11)19(21)22/h4-9H,1-3H3. The van der Waals surface area contributed by atoms with Crippen molar-refractivity contribution < 1.29 is 9.72 Å². The van der Waals surface area contributed by atoms with E-state index in [2.05, 4.69) is 4.99 Å². The fraction of sp³-hybridized carbons (Fsp3) is 0.250. The van der Waals surface area contributed by atoms with Crippen molar-refractivity contribution in [1.29, 1.82) is 0 Å². The fourth-order valence-corrected chi connectivity index (χ4v) is 2.27. The van der Waals surface area contributed by atoms with Crippen LogP contribution in [0, 0.1) is 16.0 Å². The summed E-state index contributed by atoms with van der Waals surface area (Å²) < 4.78 is 0. The molecule has 0 unspecified atom stereocenters. The van der Waals surface area contributed by atoms with Gasteiger partial charge >= 0.3 is 0 Å². The van der Waals surface area contributed by atoms with Gasteiger partial charge in [-0.2, -0.15) is 0 Å². The maximum Gasteiger partial charge on any atom is 0.269 e. The molecule has 2 rings (SSSR count). The normalized spacial score (nSPS) is 17.2. The van der Waals surface area contributed by atoms with Crippen molar-refractivity contribution in [2.75, 3.05) is 0 Å². The van der Waals surface area contributed by atoms with Gasteiger partial charge in [0.15, 0.2) is 0 Å². The summed E-state index contributed by atoms with van der Waals surface area (Å²) in [6, 6.07) is 5.90. The van der Waals surface area contributed by atoms with Gasteiger partial charge in [0.25, 0.3) is 5.69 Å². The lowest BCUT2D eigenvalue weighted by molar-refractivity contribution is -0.384. The zero-order valence-corrected chi connectivity index (χ0v) is 13.2. The minimum Gasteiger partial charge on any atom is -0.288 e. The summed E-state index contributed by atoms with van der Waals surface area (Å²) in [5.41, 5.74) is 2.39. The predicted molar refractivity (Wildman–Crippen MR) is 86.7 cm³/mol. The molecule has 0 saturated heterocycles. The van der Waals surface area contributed by atoms with Gasteiger partial charge in [-0.25, -0.2) is 4.99 Å². The number of aliphatic imine (C=N–C) groups is 1. The largest absolute Gasteiger partial charge is 0.288 e. The van der Waals surface area contributed by atoms with Crippen molar-refractivity contribution in [3.05, 3.63) is 56.6 Å². The monoisotopic (exact) mass is 318 g/mol. The summed E-state index contributed by atoms with van der Waals surface area (Å²) in [5.74, 6) is -0.131. The van der Waals surface area contributed by atoms with Crippen molar-refractivity contribution in [3.8, 4) is 0 Å². The number of benzene rings is 1. The van der Waals surface area contributed by atoms with Crippen molar-refractivity contribution in [2.24, 2.45) is 10.9 Å². The van der Waals surface area contributed by atoms with E-state index in [0.29, 0.717) is 22.5 Å².